The topological polar surface area (TPSA) is 49.4 Å². The number of aryl methyl sites for hydroxylation is 2. The summed E-state index contributed by atoms with van der Waals surface area (Å²) in [4.78, 5) is 26.5. The maximum absolute atomic E-state index is 12.4. The Morgan fingerprint density at radius 3 is 2.48 bits per heavy atom. The first-order valence-electron chi connectivity index (χ1n) is 9.78. The van der Waals surface area contributed by atoms with E-state index in [1.807, 2.05) is 36.1 Å². The number of amides is 2. The molecule has 0 unspecified atom stereocenters. The van der Waals surface area contributed by atoms with Gasteiger partial charge in [0, 0.05) is 18.7 Å². The van der Waals surface area contributed by atoms with Crippen molar-refractivity contribution in [2.45, 2.75) is 32.6 Å². The summed E-state index contributed by atoms with van der Waals surface area (Å²) in [5.41, 5.74) is 3.02. The van der Waals surface area contributed by atoms with Crippen LogP contribution in [-0.4, -0.2) is 36.3 Å². The minimum atomic E-state index is -0.190. The molecule has 0 atom stereocenters. The van der Waals surface area contributed by atoms with Gasteiger partial charge in [0.05, 0.1) is 6.54 Å². The predicted molar refractivity (Wildman–Crippen MR) is 108 cm³/mol. The second-order valence-electron chi connectivity index (χ2n) is 7.40. The van der Waals surface area contributed by atoms with Gasteiger partial charge in [0.15, 0.2) is 0 Å². The number of carbonyl (C=O) groups is 2. The highest BCUT2D eigenvalue weighted by molar-refractivity contribution is 5.96. The summed E-state index contributed by atoms with van der Waals surface area (Å²) in [7, 11) is 0. The molecule has 2 aromatic carbocycles. The third-order valence-electron chi connectivity index (χ3n) is 5.33. The van der Waals surface area contributed by atoms with Crippen molar-refractivity contribution in [3.63, 3.8) is 0 Å². The van der Waals surface area contributed by atoms with Crippen LogP contribution >= 0.6 is 0 Å². The van der Waals surface area contributed by atoms with Gasteiger partial charge >= 0.3 is 0 Å². The van der Waals surface area contributed by atoms with Crippen LogP contribution in [0.15, 0.2) is 54.6 Å². The normalized spacial score (nSPS) is 14.8. The Balaban J connectivity index is 1.38. The molecule has 1 heterocycles. The van der Waals surface area contributed by atoms with Gasteiger partial charge in [-0.25, -0.2) is 0 Å². The maximum atomic E-state index is 12.4. The van der Waals surface area contributed by atoms with Crippen LogP contribution in [0.2, 0.25) is 0 Å². The quantitative estimate of drug-likeness (QED) is 0.851. The highest BCUT2D eigenvalue weighted by Crippen LogP contribution is 2.22. The average molecular weight is 364 g/mol. The first-order valence-corrected chi connectivity index (χ1v) is 9.78. The third-order valence-corrected chi connectivity index (χ3v) is 5.33. The molecular weight excluding hydrogens is 336 g/mol. The highest BCUT2D eigenvalue weighted by atomic mass is 16.2. The van der Waals surface area contributed by atoms with E-state index in [0.29, 0.717) is 11.5 Å². The predicted octanol–water partition coefficient (Wildman–Crippen LogP) is 3.60. The van der Waals surface area contributed by atoms with E-state index in [-0.39, 0.29) is 18.4 Å². The van der Waals surface area contributed by atoms with E-state index in [4.69, 9.17) is 0 Å². The molecule has 0 spiro atoms. The van der Waals surface area contributed by atoms with E-state index < -0.39 is 0 Å². The first kappa shape index (κ1) is 19.2. The van der Waals surface area contributed by atoms with Crippen LogP contribution in [0.4, 0.5) is 0 Å². The van der Waals surface area contributed by atoms with Gasteiger partial charge in [-0.3, -0.25) is 9.59 Å². The zero-order valence-corrected chi connectivity index (χ0v) is 16.0. The molecule has 1 saturated heterocycles. The summed E-state index contributed by atoms with van der Waals surface area (Å²) in [6.07, 6.45) is 4.37. The molecule has 0 saturated carbocycles. The van der Waals surface area contributed by atoms with Gasteiger partial charge in [-0.05, 0) is 56.2 Å². The number of nitrogens with zero attached hydrogens (tertiary/aromatic N) is 1. The van der Waals surface area contributed by atoms with E-state index in [9.17, 15) is 9.59 Å². The van der Waals surface area contributed by atoms with Crippen molar-refractivity contribution in [3.05, 3.63) is 71.3 Å². The molecule has 1 aliphatic heterocycles. The summed E-state index contributed by atoms with van der Waals surface area (Å²) < 4.78 is 0. The molecule has 0 aromatic heterocycles. The molecule has 2 aromatic rings. The average Bonchev–Trinajstić information content (AvgIpc) is 2.71. The number of rotatable bonds is 6. The Bertz CT molecular complexity index is 765. The van der Waals surface area contributed by atoms with Crippen molar-refractivity contribution < 1.29 is 9.59 Å². The summed E-state index contributed by atoms with van der Waals surface area (Å²) in [5.74, 6) is 0.499. The number of hydrogen-bond acceptors (Lipinski definition) is 2. The van der Waals surface area contributed by atoms with Gasteiger partial charge in [0.1, 0.15) is 0 Å². The monoisotopic (exact) mass is 364 g/mol. The van der Waals surface area contributed by atoms with Crippen LogP contribution in [0.5, 0.6) is 0 Å². The molecular formula is C23H28N2O2. The van der Waals surface area contributed by atoms with Crippen LogP contribution in [0.1, 0.15) is 40.7 Å². The Labute approximate surface area is 161 Å². The molecule has 1 N–H and O–H groups in total. The zero-order valence-electron chi connectivity index (χ0n) is 16.0. The number of piperidine rings is 1. The van der Waals surface area contributed by atoms with Gasteiger partial charge in [-0.2, -0.15) is 0 Å². The molecule has 1 fully saturated rings. The number of carbonyl (C=O) groups excluding carboxylic acids is 2. The molecule has 4 nitrogen and oxygen atoms in total. The minimum Gasteiger partial charge on any atom is -0.343 e. The minimum absolute atomic E-state index is 0.0116. The Morgan fingerprint density at radius 2 is 1.78 bits per heavy atom. The standard InChI is InChI=1S/C23H28N2O2/c1-18-6-5-9-21(16-18)23(27)24-17-22(26)25-14-12-20(13-15-25)11-10-19-7-3-2-4-8-19/h2-9,16,20H,10-15,17H2,1H3,(H,24,27). The Morgan fingerprint density at radius 1 is 1.04 bits per heavy atom. The van der Waals surface area contributed by atoms with E-state index in [0.717, 1.165) is 37.9 Å². The van der Waals surface area contributed by atoms with Crippen LogP contribution in [0.25, 0.3) is 0 Å². The number of likely N-dealkylation sites (tertiary alicyclic amines) is 1. The summed E-state index contributed by atoms with van der Waals surface area (Å²) in [5, 5.41) is 2.75. The molecule has 1 aliphatic rings. The van der Waals surface area contributed by atoms with Gasteiger partial charge in [-0.15, -0.1) is 0 Å². The fourth-order valence-electron chi connectivity index (χ4n) is 3.64. The van der Waals surface area contributed by atoms with E-state index in [1.54, 1.807) is 6.07 Å². The molecule has 0 radical (unpaired) electrons. The lowest BCUT2D eigenvalue weighted by Gasteiger charge is -2.32. The van der Waals surface area contributed by atoms with Crippen molar-refractivity contribution >= 4 is 11.8 Å². The Hall–Kier alpha value is -2.62. The van der Waals surface area contributed by atoms with Crippen molar-refractivity contribution in [1.82, 2.24) is 10.2 Å². The van der Waals surface area contributed by atoms with Crippen LogP contribution in [0, 0.1) is 12.8 Å². The summed E-state index contributed by atoms with van der Waals surface area (Å²) >= 11 is 0. The second kappa shape index (κ2) is 9.36. The third kappa shape index (κ3) is 5.68. The molecule has 27 heavy (non-hydrogen) atoms. The maximum Gasteiger partial charge on any atom is 0.251 e. The van der Waals surface area contributed by atoms with E-state index >= 15 is 0 Å². The van der Waals surface area contributed by atoms with Gasteiger partial charge < -0.3 is 10.2 Å². The Kier molecular flexibility index (Phi) is 6.64. The molecule has 0 aliphatic carbocycles. The molecule has 3 rings (SSSR count). The lowest BCUT2D eigenvalue weighted by molar-refractivity contribution is -0.131. The lowest BCUT2D eigenvalue weighted by Crippen LogP contribution is -2.44. The van der Waals surface area contributed by atoms with Crippen molar-refractivity contribution in [3.8, 4) is 0 Å². The van der Waals surface area contributed by atoms with E-state index in [1.165, 1.54) is 12.0 Å². The summed E-state index contributed by atoms with van der Waals surface area (Å²) in [6, 6.07) is 18.0. The molecule has 0 bridgehead atoms. The fourth-order valence-corrected chi connectivity index (χ4v) is 3.64. The number of benzene rings is 2. The second-order valence-corrected chi connectivity index (χ2v) is 7.40. The van der Waals surface area contributed by atoms with Crippen LogP contribution in [-0.2, 0) is 11.2 Å². The van der Waals surface area contributed by atoms with Gasteiger partial charge in [-0.1, -0.05) is 48.0 Å². The van der Waals surface area contributed by atoms with Crippen molar-refractivity contribution in [1.29, 1.82) is 0 Å². The van der Waals surface area contributed by atoms with Crippen molar-refractivity contribution in [2.24, 2.45) is 5.92 Å². The molecule has 2 amide bonds. The smallest absolute Gasteiger partial charge is 0.251 e. The number of nitrogens with one attached hydrogen (secondary N) is 1. The largest absolute Gasteiger partial charge is 0.343 e. The van der Waals surface area contributed by atoms with Crippen molar-refractivity contribution in [2.75, 3.05) is 19.6 Å². The molecule has 4 heteroatoms. The first-order chi connectivity index (χ1) is 13.1. The van der Waals surface area contributed by atoms with Crippen LogP contribution < -0.4 is 5.32 Å². The van der Waals surface area contributed by atoms with Crippen LogP contribution in [0.3, 0.4) is 0 Å². The molecule has 142 valence electrons. The van der Waals surface area contributed by atoms with E-state index in [2.05, 4.69) is 29.6 Å². The zero-order chi connectivity index (χ0) is 19.1. The highest BCUT2D eigenvalue weighted by Gasteiger charge is 2.22. The van der Waals surface area contributed by atoms with Gasteiger partial charge in [0.25, 0.3) is 5.91 Å². The number of hydrogen-bond donors (Lipinski definition) is 1. The SMILES string of the molecule is Cc1cccc(C(=O)NCC(=O)N2CCC(CCc3ccccc3)CC2)c1. The lowest BCUT2D eigenvalue weighted by atomic mass is 9.90. The fraction of sp³-hybridized carbons (Fsp3) is 0.391. The summed E-state index contributed by atoms with van der Waals surface area (Å²) in [6.45, 7) is 3.60. The van der Waals surface area contributed by atoms with Gasteiger partial charge in [0.2, 0.25) is 5.91 Å².